The fraction of sp³-hybridized carbons (Fsp3) is 0.308. The van der Waals surface area contributed by atoms with E-state index < -0.39 is 11.3 Å². The molecule has 0 bridgehead atoms. The fourth-order valence-corrected chi connectivity index (χ4v) is 4.65. The summed E-state index contributed by atoms with van der Waals surface area (Å²) in [4.78, 5) is 20.9. The molecule has 0 aromatic heterocycles. The van der Waals surface area contributed by atoms with Crippen molar-refractivity contribution in [1.82, 2.24) is 0 Å². The molecule has 0 unspecified atom stereocenters. The van der Waals surface area contributed by atoms with Crippen LogP contribution < -0.4 is 32.7 Å². The summed E-state index contributed by atoms with van der Waals surface area (Å²) in [6.07, 6.45) is 4.20. The van der Waals surface area contributed by atoms with Crippen molar-refractivity contribution >= 4 is 72.2 Å². The maximum atomic E-state index is 6.18. The van der Waals surface area contributed by atoms with Gasteiger partial charge in [-0.15, -0.1) is 24.8 Å². The van der Waals surface area contributed by atoms with Gasteiger partial charge >= 0.3 is 0 Å². The van der Waals surface area contributed by atoms with Gasteiger partial charge in [0.05, 0.1) is 0 Å². The van der Waals surface area contributed by atoms with Crippen LogP contribution in [0, 0.1) is 13.8 Å². The lowest BCUT2D eigenvalue weighted by atomic mass is 10.0. The van der Waals surface area contributed by atoms with E-state index in [1.807, 2.05) is 49.6 Å². The van der Waals surface area contributed by atoms with Crippen molar-refractivity contribution in [2.75, 3.05) is 9.80 Å². The SMILES string of the molecule is Cc1cc(N2C(N)=NC(N)=NC2(C)C)ccc1/C=C/c1ccc(N2C(N)=NC(N)=NC2(C)C)cc1C.Cl.Cl. The Morgan fingerprint density at radius 2 is 0.974 bits per heavy atom. The van der Waals surface area contributed by atoms with Crippen molar-refractivity contribution in [1.29, 1.82) is 0 Å². The largest absolute Gasteiger partial charge is 0.369 e. The maximum Gasteiger partial charge on any atom is 0.220 e. The van der Waals surface area contributed by atoms with Crippen LogP contribution in [0.5, 0.6) is 0 Å². The summed E-state index contributed by atoms with van der Waals surface area (Å²) >= 11 is 0. The lowest BCUT2D eigenvalue weighted by Crippen LogP contribution is -2.54. The van der Waals surface area contributed by atoms with Gasteiger partial charge in [-0.2, -0.15) is 9.98 Å². The summed E-state index contributed by atoms with van der Waals surface area (Å²) in [5.41, 5.74) is 28.9. The molecule has 38 heavy (non-hydrogen) atoms. The summed E-state index contributed by atoms with van der Waals surface area (Å²) in [7, 11) is 0. The van der Waals surface area contributed by atoms with Gasteiger partial charge < -0.3 is 22.9 Å². The van der Waals surface area contributed by atoms with E-state index in [1.54, 1.807) is 0 Å². The zero-order valence-corrected chi connectivity index (χ0v) is 24.1. The quantitative estimate of drug-likeness (QED) is 0.418. The zero-order valence-electron chi connectivity index (χ0n) is 22.4. The minimum Gasteiger partial charge on any atom is -0.369 e. The van der Waals surface area contributed by atoms with Crippen LogP contribution in [0.1, 0.15) is 49.9 Å². The molecule has 2 heterocycles. The van der Waals surface area contributed by atoms with Crippen molar-refractivity contribution in [3.63, 3.8) is 0 Å². The van der Waals surface area contributed by atoms with Crippen LogP contribution in [0.15, 0.2) is 56.4 Å². The molecule has 4 rings (SSSR count). The number of anilines is 2. The van der Waals surface area contributed by atoms with Crippen LogP contribution in [0.4, 0.5) is 11.4 Å². The fourth-order valence-electron chi connectivity index (χ4n) is 4.65. The van der Waals surface area contributed by atoms with Crippen LogP contribution in [0.3, 0.4) is 0 Å². The van der Waals surface area contributed by atoms with Crippen LogP contribution in [-0.4, -0.2) is 35.2 Å². The van der Waals surface area contributed by atoms with Gasteiger partial charge in [-0.1, -0.05) is 24.3 Å². The van der Waals surface area contributed by atoms with E-state index in [2.05, 4.69) is 70.2 Å². The van der Waals surface area contributed by atoms with Gasteiger partial charge in [0, 0.05) is 11.4 Å². The molecule has 0 aliphatic carbocycles. The number of halogens is 2. The summed E-state index contributed by atoms with van der Waals surface area (Å²) in [5.74, 6) is 1.01. The lowest BCUT2D eigenvalue weighted by Gasteiger charge is -2.38. The van der Waals surface area contributed by atoms with E-state index in [0.29, 0.717) is 11.9 Å². The third-order valence-corrected chi connectivity index (χ3v) is 6.25. The molecule has 0 spiro atoms. The Bertz CT molecular complexity index is 1270. The van der Waals surface area contributed by atoms with Crippen molar-refractivity contribution in [3.8, 4) is 0 Å². The summed E-state index contributed by atoms with van der Waals surface area (Å²) < 4.78 is 0. The molecule has 12 heteroatoms. The Hall–Kier alpha value is -3.76. The van der Waals surface area contributed by atoms with Gasteiger partial charge in [-0.3, -0.25) is 9.80 Å². The first kappa shape index (κ1) is 30.5. The average Bonchev–Trinajstić information content (AvgIpc) is 2.71. The first-order valence-electron chi connectivity index (χ1n) is 11.7. The van der Waals surface area contributed by atoms with Gasteiger partial charge in [-0.05, 0) is 88.1 Å². The number of benzene rings is 2. The van der Waals surface area contributed by atoms with E-state index in [4.69, 9.17) is 22.9 Å². The van der Waals surface area contributed by atoms with E-state index in [9.17, 15) is 0 Å². The first-order chi connectivity index (χ1) is 16.8. The number of rotatable bonds is 4. The third kappa shape index (κ3) is 5.87. The molecule has 2 aliphatic rings. The number of hydrogen-bond acceptors (Lipinski definition) is 10. The standard InChI is InChI=1S/C26H34N10.2ClH/c1-15-13-19(35-23(29)31-21(27)33-25(35,3)4)11-9-17(15)7-8-18-10-12-20(14-16(18)2)36-24(30)32-22(28)34-26(36,5)6;;/h7-14H,1-6H3,(H4,27,29,31,33)(H4,28,30,32,34);2*1H/b8-7+;;. The number of hydrogen-bond donors (Lipinski definition) is 4. The van der Waals surface area contributed by atoms with Crippen LogP contribution in [-0.2, 0) is 0 Å². The number of nitrogens with two attached hydrogens (primary N) is 4. The molecular weight excluding hydrogens is 523 g/mol. The second-order valence-corrected chi connectivity index (χ2v) is 9.95. The summed E-state index contributed by atoms with van der Waals surface area (Å²) in [6, 6.07) is 12.3. The highest BCUT2D eigenvalue weighted by molar-refractivity contribution is 6.06. The van der Waals surface area contributed by atoms with Gasteiger partial charge in [-0.25, -0.2) is 9.98 Å². The monoisotopic (exact) mass is 558 g/mol. The third-order valence-electron chi connectivity index (χ3n) is 6.25. The highest BCUT2D eigenvalue weighted by Gasteiger charge is 2.34. The number of aliphatic imine (C=N–C) groups is 4. The molecule has 0 atom stereocenters. The molecule has 204 valence electrons. The predicted octanol–water partition coefficient (Wildman–Crippen LogP) is 3.69. The Morgan fingerprint density at radius 3 is 1.26 bits per heavy atom. The first-order valence-corrected chi connectivity index (χ1v) is 11.7. The molecule has 0 amide bonds. The van der Waals surface area contributed by atoms with E-state index >= 15 is 0 Å². The number of guanidine groups is 4. The van der Waals surface area contributed by atoms with Gasteiger partial charge in [0.2, 0.25) is 23.8 Å². The normalized spacial score (nSPS) is 18.1. The molecule has 2 aromatic rings. The topological polar surface area (TPSA) is 160 Å². The number of nitrogens with zero attached hydrogens (tertiary/aromatic N) is 6. The minimum absolute atomic E-state index is 0. The maximum absolute atomic E-state index is 6.18. The van der Waals surface area contributed by atoms with Crippen molar-refractivity contribution in [2.24, 2.45) is 42.9 Å². The molecule has 2 aromatic carbocycles. The van der Waals surface area contributed by atoms with Crippen molar-refractivity contribution in [2.45, 2.75) is 52.9 Å². The van der Waals surface area contributed by atoms with Crippen LogP contribution >= 0.6 is 24.8 Å². The highest BCUT2D eigenvalue weighted by Crippen LogP contribution is 2.31. The van der Waals surface area contributed by atoms with Crippen molar-refractivity contribution in [3.05, 3.63) is 58.7 Å². The second-order valence-electron chi connectivity index (χ2n) is 9.95. The molecular formula is C26H36Cl2N10. The van der Waals surface area contributed by atoms with E-state index in [0.717, 1.165) is 33.6 Å². The van der Waals surface area contributed by atoms with Gasteiger partial charge in [0.1, 0.15) is 11.3 Å². The van der Waals surface area contributed by atoms with Crippen LogP contribution in [0.25, 0.3) is 12.2 Å². The Morgan fingerprint density at radius 1 is 0.632 bits per heavy atom. The Labute approximate surface area is 236 Å². The second kappa shape index (κ2) is 10.9. The Kier molecular flexibility index (Phi) is 8.76. The smallest absolute Gasteiger partial charge is 0.220 e. The minimum atomic E-state index is -0.632. The van der Waals surface area contributed by atoms with E-state index in [1.165, 1.54) is 0 Å². The van der Waals surface area contributed by atoms with Crippen LogP contribution in [0.2, 0.25) is 0 Å². The number of aryl methyl sites for hydroxylation is 2. The Balaban J connectivity index is 0.00000253. The molecule has 0 fully saturated rings. The average molecular weight is 560 g/mol. The molecule has 2 aliphatic heterocycles. The highest BCUT2D eigenvalue weighted by atomic mass is 35.5. The van der Waals surface area contributed by atoms with Gasteiger partial charge in [0.25, 0.3) is 0 Å². The lowest BCUT2D eigenvalue weighted by molar-refractivity contribution is 0.533. The summed E-state index contributed by atoms with van der Waals surface area (Å²) in [5, 5.41) is 0. The molecule has 10 nitrogen and oxygen atoms in total. The van der Waals surface area contributed by atoms with Gasteiger partial charge in [0.15, 0.2) is 0 Å². The molecule has 0 saturated carbocycles. The van der Waals surface area contributed by atoms with Crippen molar-refractivity contribution < 1.29 is 0 Å². The molecule has 0 radical (unpaired) electrons. The van der Waals surface area contributed by atoms with E-state index in [-0.39, 0.29) is 36.7 Å². The summed E-state index contributed by atoms with van der Waals surface area (Å²) in [6.45, 7) is 11.9. The molecule has 0 saturated heterocycles. The predicted molar refractivity (Wildman–Crippen MR) is 165 cm³/mol. The molecule has 8 N–H and O–H groups in total. The zero-order chi connectivity index (χ0) is 26.4.